The molecule has 4 aromatic rings. The first-order valence-electron chi connectivity index (χ1n) is 7.65. The van der Waals surface area contributed by atoms with Crippen molar-refractivity contribution in [3.05, 3.63) is 52.4 Å². The molecule has 5 nitrogen and oxygen atoms in total. The Bertz CT molecular complexity index is 1140. The Morgan fingerprint density at radius 2 is 1.92 bits per heavy atom. The van der Waals surface area contributed by atoms with Crippen LogP contribution >= 0.6 is 11.6 Å². The normalized spacial score (nSPS) is 11.4. The minimum atomic E-state index is -0.425. The number of imidazole rings is 1. The number of ether oxygens (including phenoxy) is 1. The van der Waals surface area contributed by atoms with Gasteiger partial charge in [0.05, 0.1) is 23.3 Å². The van der Waals surface area contributed by atoms with E-state index in [9.17, 15) is 4.39 Å². The van der Waals surface area contributed by atoms with Crippen LogP contribution in [0.3, 0.4) is 0 Å². The van der Waals surface area contributed by atoms with Gasteiger partial charge in [0.15, 0.2) is 16.9 Å². The van der Waals surface area contributed by atoms with Crippen molar-refractivity contribution in [1.82, 2.24) is 19.6 Å². The predicted octanol–water partition coefficient (Wildman–Crippen LogP) is 4.36. The Labute approximate surface area is 148 Å². The lowest BCUT2D eigenvalue weighted by atomic mass is 10.1. The van der Waals surface area contributed by atoms with Crippen molar-refractivity contribution in [2.75, 3.05) is 7.11 Å². The Kier molecular flexibility index (Phi) is 3.58. The van der Waals surface area contributed by atoms with E-state index in [1.54, 1.807) is 4.40 Å². The summed E-state index contributed by atoms with van der Waals surface area (Å²) in [7, 11) is 1.47. The summed E-state index contributed by atoms with van der Waals surface area (Å²) in [4.78, 5) is 4.60. The van der Waals surface area contributed by atoms with Gasteiger partial charge in [0.25, 0.3) is 0 Å². The van der Waals surface area contributed by atoms with E-state index >= 15 is 0 Å². The third-order valence-corrected chi connectivity index (χ3v) is 4.42. The van der Waals surface area contributed by atoms with Crippen molar-refractivity contribution in [1.29, 1.82) is 0 Å². The van der Waals surface area contributed by atoms with Crippen LogP contribution in [0, 0.1) is 19.7 Å². The molecule has 126 valence electrons. The highest BCUT2D eigenvalue weighted by molar-refractivity contribution is 6.33. The number of hydrogen-bond donors (Lipinski definition) is 0. The van der Waals surface area contributed by atoms with Crippen molar-refractivity contribution in [3.8, 4) is 17.1 Å². The first kappa shape index (κ1) is 15.8. The lowest BCUT2D eigenvalue weighted by molar-refractivity contribution is 0.415. The van der Waals surface area contributed by atoms with Gasteiger partial charge < -0.3 is 4.74 Å². The summed E-state index contributed by atoms with van der Waals surface area (Å²) in [5.74, 6) is 0.479. The quantitative estimate of drug-likeness (QED) is 0.535. The van der Waals surface area contributed by atoms with Gasteiger partial charge in [-0.1, -0.05) is 17.7 Å². The highest BCUT2D eigenvalue weighted by Gasteiger charge is 2.19. The molecule has 0 saturated carbocycles. The molecule has 0 N–H and O–H groups in total. The summed E-state index contributed by atoms with van der Waals surface area (Å²) >= 11 is 6.43. The smallest absolute Gasteiger partial charge is 0.183 e. The Balaban J connectivity index is 2.17. The zero-order valence-corrected chi connectivity index (χ0v) is 14.6. The molecule has 0 bridgehead atoms. The highest BCUT2D eigenvalue weighted by Crippen LogP contribution is 2.33. The molecule has 0 fully saturated rings. The molecule has 2 heterocycles. The molecule has 0 aliphatic heterocycles. The van der Waals surface area contributed by atoms with Crippen molar-refractivity contribution in [3.63, 3.8) is 0 Å². The van der Waals surface area contributed by atoms with E-state index in [1.807, 2.05) is 32.0 Å². The standard InChI is InChI=1S/C18H14ClFN4O/c1-9-4-5-12(13(19)6-9)18-21-10(2)17-23-22-16-14(24(17)18)7-11(20)8-15(16)25-3/h4-8H,1-3H3. The number of aromatic nitrogens is 4. The van der Waals surface area contributed by atoms with Crippen LogP contribution < -0.4 is 4.74 Å². The summed E-state index contributed by atoms with van der Waals surface area (Å²) in [5.41, 5.74) is 4.00. The topological polar surface area (TPSA) is 52.3 Å². The van der Waals surface area contributed by atoms with Crippen LogP contribution in [0.25, 0.3) is 28.1 Å². The number of rotatable bonds is 2. The van der Waals surface area contributed by atoms with Crippen LogP contribution in [0.2, 0.25) is 5.02 Å². The molecular formula is C18H14ClFN4O. The fourth-order valence-electron chi connectivity index (χ4n) is 2.93. The Morgan fingerprint density at radius 3 is 2.64 bits per heavy atom. The molecule has 25 heavy (non-hydrogen) atoms. The second-order valence-electron chi connectivity index (χ2n) is 5.84. The molecule has 2 aromatic heterocycles. The molecule has 0 radical (unpaired) electrons. The molecule has 4 rings (SSSR count). The van der Waals surface area contributed by atoms with E-state index in [2.05, 4.69) is 15.2 Å². The number of nitrogens with zero attached hydrogens (tertiary/aromatic N) is 4. The Hall–Kier alpha value is -2.73. The van der Waals surface area contributed by atoms with Crippen LogP contribution in [0.4, 0.5) is 4.39 Å². The zero-order valence-electron chi connectivity index (χ0n) is 13.8. The van der Waals surface area contributed by atoms with Gasteiger partial charge in [-0.3, -0.25) is 4.40 Å². The Morgan fingerprint density at radius 1 is 1.12 bits per heavy atom. The fraction of sp³-hybridized carbons (Fsp3) is 0.167. The summed E-state index contributed by atoms with van der Waals surface area (Å²) in [6.07, 6.45) is 0. The van der Waals surface area contributed by atoms with Crippen LogP contribution in [0.15, 0.2) is 30.3 Å². The lowest BCUT2D eigenvalue weighted by Crippen LogP contribution is -2.00. The number of halogens is 2. The minimum Gasteiger partial charge on any atom is -0.494 e. The number of hydrogen-bond acceptors (Lipinski definition) is 4. The van der Waals surface area contributed by atoms with Crippen molar-refractivity contribution in [2.45, 2.75) is 13.8 Å². The van der Waals surface area contributed by atoms with E-state index in [4.69, 9.17) is 16.3 Å². The van der Waals surface area contributed by atoms with Gasteiger partial charge in [-0.15, -0.1) is 10.2 Å². The SMILES string of the molecule is COc1cc(F)cc2c1nnc1c(C)nc(-c3ccc(C)cc3Cl)n12. The third-order valence-electron chi connectivity index (χ3n) is 4.11. The summed E-state index contributed by atoms with van der Waals surface area (Å²) < 4.78 is 21.1. The van der Waals surface area contributed by atoms with E-state index in [0.717, 1.165) is 11.1 Å². The average Bonchev–Trinajstić information content (AvgIpc) is 2.91. The molecule has 0 aliphatic rings. The second-order valence-corrected chi connectivity index (χ2v) is 6.25. The lowest BCUT2D eigenvalue weighted by Gasteiger charge is -2.09. The molecule has 0 unspecified atom stereocenters. The third kappa shape index (κ3) is 2.41. The van der Waals surface area contributed by atoms with Crippen LogP contribution in [0.1, 0.15) is 11.3 Å². The van der Waals surface area contributed by atoms with Crippen molar-refractivity contribution >= 4 is 28.3 Å². The summed E-state index contributed by atoms with van der Waals surface area (Å²) in [5, 5.41) is 9.01. The number of benzene rings is 2. The number of methoxy groups -OCH3 is 1. The first-order chi connectivity index (χ1) is 12.0. The summed E-state index contributed by atoms with van der Waals surface area (Å²) in [6.45, 7) is 3.80. The van der Waals surface area contributed by atoms with E-state index in [0.29, 0.717) is 39.0 Å². The predicted molar refractivity (Wildman–Crippen MR) is 94.7 cm³/mol. The maximum atomic E-state index is 14.1. The average molecular weight is 357 g/mol. The fourth-order valence-corrected chi connectivity index (χ4v) is 3.25. The molecule has 0 aliphatic carbocycles. The molecule has 0 amide bonds. The van der Waals surface area contributed by atoms with Gasteiger partial charge in [-0.05, 0) is 31.5 Å². The van der Waals surface area contributed by atoms with Gasteiger partial charge in [0.1, 0.15) is 11.6 Å². The van der Waals surface area contributed by atoms with Gasteiger partial charge in [-0.25, -0.2) is 9.37 Å². The number of fused-ring (bicyclic) bond motifs is 3. The minimum absolute atomic E-state index is 0.316. The van der Waals surface area contributed by atoms with Gasteiger partial charge >= 0.3 is 0 Å². The van der Waals surface area contributed by atoms with Gasteiger partial charge in [0.2, 0.25) is 0 Å². The molecule has 0 atom stereocenters. The second kappa shape index (κ2) is 5.67. The van der Waals surface area contributed by atoms with E-state index in [-0.39, 0.29) is 0 Å². The first-order valence-corrected chi connectivity index (χ1v) is 8.03. The van der Waals surface area contributed by atoms with E-state index < -0.39 is 5.82 Å². The molecule has 0 spiro atoms. The van der Waals surface area contributed by atoms with Crippen LogP contribution in [-0.2, 0) is 0 Å². The number of aryl methyl sites for hydroxylation is 2. The zero-order chi connectivity index (χ0) is 17.7. The molecule has 0 saturated heterocycles. The van der Waals surface area contributed by atoms with Crippen molar-refractivity contribution in [2.24, 2.45) is 0 Å². The van der Waals surface area contributed by atoms with Crippen LogP contribution in [0.5, 0.6) is 5.75 Å². The van der Waals surface area contributed by atoms with Gasteiger partial charge in [0, 0.05) is 17.7 Å². The maximum absolute atomic E-state index is 14.1. The monoisotopic (exact) mass is 356 g/mol. The van der Waals surface area contributed by atoms with Crippen LogP contribution in [-0.4, -0.2) is 26.7 Å². The van der Waals surface area contributed by atoms with Crippen molar-refractivity contribution < 1.29 is 9.13 Å². The molecule has 7 heteroatoms. The maximum Gasteiger partial charge on any atom is 0.183 e. The highest BCUT2D eigenvalue weighted by atomic mass is 35.5. The molecular weight excluding hydrogens is 343 g/mol. The molecule has 2 aromatic carbocycles. The van der Waals surface area contributed by atoms with Gasteiger partial charge in [-0.2, -0.15) is 0 Å². The largest absolute Gasteiger partial charge is 0.494 e. The van der Waals surface area contributed by atoms with E-state index in [1.165, 1.54) is 19.2 Å². The summed E-state index contributed by atoms with van der Waals surface area (Å²) in [6, 6.07) is 8.40.